The molecule has 4 rings (SSSR count). The van der Waals surface area contributed by atoms with E-state index < -0.39 is 0 Å². The van der Waals surface area contributed by atoms with Crippen molar-refractivity contribution in [2.45, 2.75) is 13.1 Å². The molecule has 6 nitrogen and oxygen atoms in total. The first-order valence-electron chi connectivity index (χ1n) is 9.28. The van der Waals surface area contributed by atoms with Gasteiger partial charge in [-0.05, 0) is 51.9 Å². The van der Waals surface area contributed by atoms with Crippen LogP contribution in [0.25, 0.3) is 0 Å². The summed E-state index contributed by atoms with van der Waals surface area (Å²) in [5.41, 5.74) is 1.47. The minimum atomic E-state index is -0.277. The molecule has 158 valence electrons. The van der Waals surface area contributed by atoms with Gasteiger partial charge in [0.1, 0.15) is 11.6 Å². The van der Waals surface area contributed by atoms with Crippen LogP contribution in [-0.4, -0.2) is 24.7 Å². The van der Waals surface area contributed by atoms with E-state index in [4.69, 9.17) is 12.2 Å². The summed E-state index contributed by atoms with van der Waals surface area (Å²) >= 11 is 8.80. The third-order valence-corrected chi connectivity index (χ3v) is 5.16. The summed E-state index contributed by atoms with van der Waals surface area (Å²) in [6, 6.07) is 14.6. The Balaban J connectivity index is 1.36. The Labute approximate surface area is 191 Å². The van der Waals surface area contributed by atoms with Gasteiger partial charge in [0.2, 0.25) is 0 Å². The predicted molar refractivity (Wildman–Crippen MR) is 123 cm³/mol. The number of anilines is 2. The van der Waals surface area contributed by atoms with Crippen LogP contribution < -0.4 is 10.6 Å². The maximum absolute atomic E-state index is 13.8. The minimum Gasteiger partial charge on any atom is -0.316 e. The maximum atomic E-state index is 13.8. The third kappa shape index (κ3) is 5.53. The van der Waals surface area contributed by atoms with Gasteiger partial charge in [0.05, 0.1) is 17.6 Å². The number of nitrogens with one attached hydrogen (secondary N) is 2. The van der Waals surface area contributed by atoms with Crippen LogP contribution in [-0.2, 0) is 13.1 Å². The van der Waals surface area contributed by atoms with Gasteiger partial charge in [0.15, 0.2) is 16.7 Å². The van der Waals surface area contributed by atoms with Gasteiger partial charge < -0.3 is 10.6 Å². The molecule has 0 saturated carbocycles. The number of hydrogen-bond donors (Lipinski definition) is 2. The lowest BCUT2D eigenvalue weighted by Crippen LogP contribution is -2.20. The molecule has 10 heteroatoms. The molecule has 0 aliphatic carbocycles. The second-order valence-corrected chi connectivity index (χ2v) is 7.98. The van der Waals surface area contributed by atoms with Crippen molar-refractivity contribution in [1.82, 2.24) is 19.6 Å². The van der Waals surface area contributed by atoms with Gasteiger partial charge in [0.25, 0.3) is 0 Å². The summed E-state index contributed by atoms with van der Waals surface area (Å²) < 4.78 is 30.9. The van der Waals surface area contributed by atoms with E-state index in [9.17, 15) is 8.78 Å². The van der Waals surface area contributed by atoms with E-state index in [0.717, 1.165) is 10.0 Å². The monoisotopic (exact) mass is 502 g/mol. The van der Waals surface area contributed by atoms with E-state index in [2.05, 4.69) is 36.8 Å². The summed E-state index contributed by atoms with van der Waals surface area (Å²) in [4.78, 5) is 0. The molecule has 0 aliphatic heterocycles. The molecule has 2 N–H and O–H groups in total. The molecule has 0 saturated heterocycles. The quantitative estimate of drug-likeness (QED) is 0.362. The fraction of sp³-hybridized carbons (Fsp3) is 0.0952. The summed E-state index contributed by atoms with van der Waals surface area (Å²) in [7, 11) is 0. The molecule has 4 aromatic rings. The van der Waals surface area contributed by atoms with E-state index in [1.54, 1.807) is 58.2 Å². The van der Waals surface area contributed by atoms with Crippen molar-refractivity contribution in [3.8, 4) is 0 Å². The van der Waals surface area contributed by atoms with Crippen molar-refractivity contribution in [2.24, 2.45) is 0 Å². The van der Waals surface area contributed by atoms with E-state index in [-0.39, 0.29) is 11.6 Å². The summed E-state index contributed by atoms with van der Waals surface area (Å²) in [5.74, 6) is 0.507. The number of rotatable bonds is 6. The molecule has 31 heavy (non-hydrogen) atoms. The Hall–Kier alpha value is -3.11. The second-order valence-electron chi connectivity index (χ2n) is 6.72. The SMILES string of the molecule is Fc1ccc(Cn2cc(Br)c(NC(=S)Nc3ccn(Cc4ccccc4F)n3)n2)cc1. The van der Waals surface area contributed by atoms with Crippen LogP contribution in [0, 0.1) is 11.6 Å². The van der Waals surface area contributed by atoms with Gasteiger partial charge in [-0.15, -0.1) is 0 Å². The molecular formula is C21H17BrF2N6S. The molecule has 0 spiro atoms. The van der Waals surface area contributed by atoms with Crippen LogP contribution >= 0.6 is 28.1 Å². The Morgan fingerprint density at radius 2 is 1.71 bits per heavy atom. The Morgan fingerprint density at radius 3 is 2.48 bits per heavy atom. The van der Waals surface area contributed by atoms with Gasteiger partial charge in [-0.25, -0.2) is 8.78 Å². The largest absolute Gasteiger partial charge is 0.316 e. The average molecular weight is 503 g/mol. The highest BCUT2D eigenvalue weighted by molar-refractivity contribution is 9.10. The molecule has 0 radical (unpaired) electrons. The van der Waals surface area contributed by atoms with Crippen LogP contribution in [0.2, 0.25) is 0 Å². The van der Waals surface area contributed by atoms with E-state index in [1.165, 1.54) is 18.2 Å². The Bertz CT molecular complexity index is 1200. The summed E-state index contributed by atoms with van der Waals surface area (Å²) in [6.45, 7) is 0.801. The molecule has 0 unspecified atom stereocenters. The molecule has 2 heterocycles. The normalized spacial score (nSPS) is 10.8. The van der Waals surface area contributed by atoms with Crippen LogP contribution in [0.5, 0.6) is 0 Å². The first-order chi connectivity index (χ1) is 15.0. The summed E-state index contributed by atoms with van der Waals surface area (Å²) in [6.07, 6.45) is 3.54. The van der Waals surface area contributed by atoms with Crippen molar-refractivity contribution >= 4 is 44.9 Å². The zero-order chi connectivity index (χ0) is 21.8. The molecule has 0 atom stereocenters. The highest BCUT2D eigenvalue weighted by Gasteiger charge is 2.10. The number of hydrogen-bond acceptors (Lipinski definition) is 3. The van der Waals surface area contributed by atoms with E-state index in [1.807, 2.05) is 0 Å². The molecule has 2 aromatic heterocycles. The van der Waals surface area contributed by atoms with Gasteiger partial charge in [-0.2, -0.15) is 10.2 Å². The van der Waals surface area contributed by atoms with Crippen LogP contribution in [0.3, 0.4) is 0 Å². The lowest BCUT2D eigenvalue weighted by Gasteiger charge is -2.07. The zero-order valence-electron chi connectivity index (χ0n) is 16.1. The predicted octanol–water partition coefficient (Wildman–Crippen LogP) is 5.03. The molecule has 0 bridgehead atoms. The highest BCUT2D eigenvalue weighted by atomic mass is 79.9. The standard InChI is InChI=1S/C21H17BrF2N6S/c22-17-13-30(11-14-5-7-16(23)8-6-14)28-20(17)26-21(31)25-19-9-10-29(27-19)12-15-3-1-2-4-18(15)24/h1-10,13H,11-12H2,(H2,25,26,27,28,31). The van der Waals surface area contributed by atoms with E-state index in [0.29, 0.717) is 35.4 Å². The van der Waals surface area contributed by atoms with Crippen LogP contribution in [0.15, 0.2) is 71.5 Å². The molecule has 0 amide bonds. The first kappa shape index (κ1) is 21.1. The van der Waals surface area contributed by atoms with Gasteiger partial charge in [-0.3, -0.25) is 9.36 Å². The zero-order valence-corrected chi connectivity index (χ0v) is 18.5. The number of aromatic nitrogens is 4. The Morgan fingerprint density at radius 1 is 0.935 bits per heavy atom. The molecule has 0 aliphatic rings. The molecule has 2 aromatic carbocycles. The van der Waals surface area contributed by atoms with Gasteiger partial charge in [-0.1, -0.05) is 30.3 Å². The topological polar surface area (TPSA) is 59.7 Å². The second kappa shape index (κ2) is 9.36. The van der Waals surface area contributed by atoms with Crippen LogP contribution in [0.1, 0.15) is 11.1 Å². The fourth-order valence-electron chi connectivity index (χ4n) is 2.91. The molecule has 0 fully saturated rings. The minimum absolute atomic E-state index is 0.272. The first-order valence-corrected chi connectivity index (χ1v) is 10.5. The Kier molecular flexibility index (Phi) is 6.38. The van der Waals surface area contributed by atoms with Crippen molar-refractivity contribution in [3.05, 3.63) is 94.2 Å². The van der Waals surface area contributed by atoms with E-state index >= 15 is 0 Å². The van der Waals surface area contributed by atoms with Crippen molar-refractivity contribution in [2.75, 3.05) is 10.6 Å². The fourth-order valence-corrected chi connectivity index (χ4v) is 3.53. The average Bonchev–Trinajstić information content (AvgIpc) is 3.31. The van der Waals surface area contributed by atoms with Crippen molar-refractivity contribution in [1.29, 1.82) is 0 Å². The number of halogens is 3. The third-order valence-electron chi connectivity index (χ3n) is 4.38. The lowest BCUT2D eigenvalue weighted by atomic mass is 10.2. The summed E-state index contributed by atoms with van der Waals surface area (Å²) in [5, 5.41) is 15.1. The number of benzene rings is 2. The highest BCUT2D eigenvalue weighted by Crippen LogP contribution is 2.21. The lowest BCUT2D eigenvalue weighted by molar-refractivity contribution is 0.586. The molecular weight excluding hydrogens is 486 g/mol. The van der Waals surface area contributed by atoms with Crippen LogP contribution in [0.4, 0.5) is 20.4 Å². The van der Waals surface area contributed by atoms with Crippen molar-refractivity contribution < 1.29 is 8.78 Å². The smallest absolute Gasteiger partial charge is 0.177 e. The van der Waals surface area contributed by atoms with Crippen molar-refractivity contribution in [3.63, 3.8) is 0 Å². The number of thiocarbonyl (C=S) groups is 1. The maximum Gasteiger partial charge on any atom is 0.177 e. The van der Waals surface area contributed by atoms with Gasteiger partial charge in [0, 0.05) is 24.0 Å². The van der Waals surface area contributed by atoms with Gasteiger partial charge >= 0.3 is 0 Å². The number of nitrogens with zero attached hydrogens (tertiary/aromatic N) is 4.